The van der Waals surface area contributed by atoms with Crippen LogP contribution in [-0.4, -0.2) is 57.6 Å². The van der Waals surface area contributed by atoms with Gasteiger partial charge in [-0.25, -0.2) is 0 Å². The van der Waals surface area contributed by atoms with E-state index in [1.165, 1.54) is 23.1 Å². The van der Waals surface area contributed by atoms with Gasteiger partial charge in [-0.1, -0.05) is 24.3 Å². The summed E-state index contributed by atoms with van der Waals surface area (Å²) in [7, 11) is 5.01. The molecule has 0 unspecified atom stereocenters. The number of benzene rings is 2. The van der Waals surface area contributed by atoms with Crippen LogP contribution >= 0.6 is 24.0 Å². The Labute approximate surface area is 203 Å². The van der Waals surface area contributed by atoms with E-state index in [-0.39, 0.29) is 48.8 Å². The fourth-order valence-electron chi connectivity index (χ4n) is 2.82. The fraction of sp³-hybridized carbons (Fsp3) is 0.364. The number of aliphatic imine (C=N–C) groups is 1. The summed E-state index contributed by atoms with van der Waals surface area (Å²) in [6.07, 6.45) is -3.79. The van der Waals surface area contributed by atoms with Crippen molar-refractivity contribution in [1.29, 1.82) is 0 Å². The minimum atomic E-state index is -4.46. The highest BCUT2D eigenvalue weighted by atomic mass is 127. The Kier molecular flexibility index (Phi) is 11.3. The van der Waals surface area contributed by atoms with E-state index in [0.717, 1.165) is 11.6 Å². The van der Waals surface area contributed by atoms with E-state index in [0.29, 0.717) is 24.5 Å². The Balaban J connectivity index is 0.00000512. The minimum Gasteiger partial charge on any atom is -0.491 e. The Morgan fingerprint density at radius 2 is 1.75 bits per heavy atom. The van der Waals surface area contributed by atoms with Crippen LogP contribution in [0.15, 0.2) is 53.5 Å². The molecule has 0 fully saturated rings. The van der Waals surface area contributed by atoms with Crippen molar-refractivity contribution in [1.82, 2.24) is 15.5 Å². The lowest BCUT2D eigenvalue weighted by Gasteiger charge is -2.15. The minimum absolute atomic E-state index is 0. The zero-order chi connectivity index (χ0) is 22.9. The molecule has 2 aromatic carbocycles. The molecule has 32 heavy (non-hydrogen) atoms. The smallest absolute Gasteiger partial charge is 0.419 e. The summed E-state index contributed by atoms with van der Waals surface area (Å²) in [4.78, 5) is 17.7. The normalized spacial score (nSPS) is 11.4. The van der Waals surface area contributed by atoms with E-state index >= 15 is 0 Å². The quantitative estimate of drug-likeness (QED) is 0.222. The molecule has 10 heteroatoms. The second kappa shape index (κ2) is 13.1. The first-order valence-electron chi connectivity index (χ1n) is 9.76. The molecule has 0 atom stereocenters. The summed E-state index contributed by atoms with van der Waals surface area (Å²) in [5.41, 5.74) is 0.830. The van der Waals surface area contributed by atoms with Crippen LogP contribution in [0.1, 0.15) is 21.5 Å². The third-order valence-electron chi connectivity index (χ3n) is 4.35. The molecule has 0 heterocycles. The summed E-state index contributed by atoms with van der Waals surface area (Å²) in [5.74, 6) is 0.250. The monoisotopic (exact) mass is 564 g/mol. The summed E-state index contributed by atoms with van der Waals surface area (Å²) in [5, 5.41) is 6.13. The highest BCUT2D eigenvalue weighted by Crippen LogP contribution is 2.35. The van der Waals surface area contributed by atoms with Gasteiger partial charge in [0, 0.05) is 33.3 Å². The van der Waals surface area contributed by atoms with Gasteiger partial charge in [0.15, 0.2) is 5.96 Å². The SMILES string of the molecule is CN=C(NCCOc1ccccc1C(F)(F)F)NCCc1cccc(C(=O)N(C)C)c1.I. The lowest BCUT2D eigenvalue weighted by Crippen LogP contribution is -2.40. The van der Waals surface area contributed by atoms with E-state index in [4.69, 9.17) is 4.74 Å². The molecule has 0 radical (unpaired) electrons. The predicted octanol–water partition coefficient (Wildman–Crippen LogP) is 3.81. The highest BCUT2D eigenvalue weighted by Gasteiger charge is 2.33. The zero-order valence-electron chi connectivity index (χ0n) is 18.2. The number of hydrogen-bond donors (Lipinski definition) is 2. The molecule has 0 saturated carbocycles. The molecule has 0 aliphatic carbocycles. The summed E-state index contributed by atoms with van der Waals surface area (Å²) >= 11 is 0. The molecule has 0 spiro atoms. The van der Waals surface area contributed by atoms with Gasteiger partial charge in [-0.05, 0) is 36.2 Å². The van der Waals surface area contributed by atoms with Gasteiger partial charge in [-0.3, -0.25) is 9.79 Å². The van der Waals surface area contributed by atoms with Gasteiger partial charge in [0.1, 0.15) is 12.4 Å². The van der Waals surface area contributed by atoms with Crippen LogP contribution in [0.4, 0.5) is 13.2 Å². The van der Waals surface area contributed by atoms with E-state index in [2.05, 4.69) is 15.6 Å². The number of carbonyl (C=O) groups excluding carboxylic acids is 1. The molecule has 2 N–H and O–H groups in total. The molecule has 176 valence electrons. The summed E-state index contributed by atoms with van der Waals surface area (Å²) < 4.78 is 44.2. The topological polar surface area (TPSA) is 66.0 Å². The average molecular weight is 564 g/mol. The molecule has 1 amide bonds. The Morgan fingerprint density at radius 1 is 1.06 bits per heavy atom. The molecule has 0 saturated heterocycles. The van der Waals surface area contributed by atoms with Crippen LogP contribution in [-0.2, 0) is 12.6 Å². The average Bonchev–Trinajstić information content (AvgIpc) is 2.74. The second-order valence-electron chi connectivity index (χ2n) is 6.92. The number of nitrogens with one attached hydrogen (secondary N) is 2. The number of hydrogen-bond acceptors (Lipinski definition) is 3. The third kappa shape index (κ3) is 8.56. The molecule has 2 rings (SSSR count). The molecule has 0 aliphatic rings. The standard InChI is InChI=1S/C22H27F3N4O2.HI/c1-26-21(27-12-11-16-7-6-8-17(15-16)20(30)29(2)3)28-13-14-31-19-10-5-4-9-18(19)22(23,24)25;/h4-10,15H,11-14H2,1-3H3,(H2,26,27,28);1H. The highest BCUT2D eigenvalue weighted by molar-refractivity contribution is 14.0. The number of guanidine groups is 1. The third-order valence-corrected chi connectivity index (χ3v) is 4.35. The van der Waals surface area contributed by atoms with E-state index in [1.807, 2.05) is 18.2 Å². The molecular weight excluding hydrogens is 536 g/mol. The first kappa shape index (κ1) is 27.5. The summed E-state index contributed by atoms with van der Waals surface area (Å²) in [6.45, 7) is 0.887. The number of halogens is 4. The van der Waals surface area contributed by atoms with Gasteiger partial charge >= 0.3 is 6.18 Å². The van der Waals surface area contributed by atoms with Crippen LogP contribution < -0.4 is 15.4 Å². The van der Waals surface area contributed by atoms with Crippen molar-refractivity contribution in [2.24, 2.45) is 4.99 Å². The summed E-state index contributed by atoms with van der Waals surface area (Å²) in [6, 6.07) is 12.5. The van der Waals surface area contributed by atoms with E-state index in [1.54, 1.807) is 27.2 Å². The van der Waals surface area contributed by atoms with E-state index in [9.17, 15) is 18.0 Å². The van der Waals surface area contributed by atoms with Gasteiger partial charge in [0.05, 0.1) is 12.1 Å². The van der Waals surface area contributed by atoms with Crippen molar-refractivity contribution >= 4 is 35.8 Å². The van der Waals surface area contributed by atoms with Crippen molar-refractivity contribution < 1.29 is 22.7 Å². The number of nitrogens with zero attached hydrogens (tertiary/aromatic N) is 2. The molecular formula is C22H28F3IN4O2. The lowest BCUT2D eigenvalue weighted by molar-refractivity contribution is -0.138. The maximum absolute atomic E-state index is 13.0. The van der Waals surface area contributed by atoms with Gasteiger partial charge in [0.2, 0.25) is 0 Å². The lowest BCUT2D eigenvalue weighted by atomic mass is 10.1. The first-order chi connectivity index (χ1) is 14.7. The number of rotatable bonds is 8. The molecule has 2 aromatic rings. The molecule has 0 bridgehead atoms. The molecule has 0 aliphatic heterocycles. The largest absolute Gasteiger partial charge is 0.491 e. The van der Waals surface area contributed by atoms with Crippen LogP contribution in [0.3, 0.4) is 0 Å². The fourth-order valence-corrected chi connectivity index (χ4v) is 2.82. The van der Waals surface area contributed by atoms with Crippen LogP contribution in [0.2, 0.25) is 0 Å². The van der Waals surface area contributed by atoms with Crippen molar-refractivity contribution in [3.05, 3.63) is 65.2 Å². The van der Waals surface area contributed by atoms with Gasteiger partial charge in [-0.2, -0.15) is 13.2 Å². The number of alkyl halides is 3. The van der Waals surface area contributed by atoms with Gasteiger partial charge in [0.25, 0.3) is 5.91 Å². The van der Waals surface area contributed by atoms with Gasteiger partial charge < -0.3 is 20.3 Å². The van der Waals surface area contributed by atoms with E-state index < -0.39 is 11.7 Å². The molecule has 0 aromatic heterocycles. The number of para-hydroxylation sites is 1. The second-order valence-corrected chi connectivity index (χ2v) is 6.92. The Bertz CT molecular complexity index is 905. The zero-order valence-corrected chi connectivity index (χ0v) is 20.5. The maximum atomic E-state index is 13.0. The van der Waals surface area contributed by atoms with Crippen LogP contribution in [0.25, 0.3) is 0 Å². The first-order valence-corrected chi connectivity index (χ1v) is 9.76. The number of carbonyl (C=O) groups is 1. The maximum Gasteiger partial charge on any atom is 0.419 e. The van der Waals surface area contributed by atoms with Crippen molar-refractivity contribution in [2.45, 2.75) is 12.6 Å². The predicted molar refractivity (Wildman–Crippen MR) is 130 cm³/mol. The number of ether oxygens (including phenoxy) is 1. The molecule has 6 nitrogen and oxygen atoms in total. The Morgan fingerprint density at radius 3 is 2.41 bits per heavy atom. The van der Waals surface area contributed by atoms with Crippen molar-refractivity contribution in [3.63, 3.8) is 0 Å². The van der Waals surface area contributed by atoms with Crippen molar-refractivity contribution in [3.8, 4) is 5.75 Å². The van der Waals surface area contributed by atoms with Crippen molar-refractivity contribution in [2.75, 3.05) is 40.8 Å². The Hall–Kier alpha value is -2.50. The van der Waals surface area contributed by atoms with Crippen LogP contribution in [0.5, 0.6) is 5.75 Å². The number of amides is 1. The van der Waals surface area contributed by atoms with Crippen LogP contribution in [0, 0.1) is 0 Å². The van der Waals surface area contributed by atoms with Gasteiger partial charge in [-0.15, -0.1) is 24.0 Å².